The Bertz CT molecular complexity index is 1400. The summed E-state index contributed by atoms with van der Waals surface area (Å²) in [5.41, 5.74) is 6.00. The molecule has 11 nitrogen and oxygen atoms in total. The second-order valence-electron chi connectivity index (χ2n) is 14.4. The number of primary amides is 1. The molecule has 0 saturated heterocycles. The molecule has 0 fully saturated rings. The van der Waals surface area contributed by atoms with Crippen molar-refractivity contribution < 1.29 is 33.4 Å². The number of aryl methyl sites for hydroxylation is 1. The molecule has 4 N–H and O–H groups in total. The lowest BCUT2D eigenvalue weighted by molar-refractivity contribution is -0.159. The van der Waals surface area contributed by atoms with Crippen LogP contribution in [-0.4, -0.2) is 64.5 Å². The Morgan fingerprint density at radius 2 is 1.43 bits per heavy atom. The van der Waals surface area contributed by atoms with Crippen LogP contribution in [0.1, 0.15) is 110 Å². The van der Waals surface area contributed by atoms with Gasteiger partial charge in [-0.05, 0) is 66.0 Å². The Morgan fingerprint density at radius 1 is 0.796 bits per heavy atom. The second-order valence-corrected chi connectivity index (χ2v) is 14.4. The van der Waals surface area contributed by atoms with Crippen LogP contribution in [0.5, 0.6) is 0 Å². The Labute approximate surface area is 291 Å². The van der Waals surface area contributed by atoms with Gasteiger partial charge in [-0.3, -0.25) is 14.4 Å². The van der Waals surface area contributed by atoms with Crippen molar-refractivity contribution in [1.29, 1.82) is 0 Å². The van der Waals surface area contributed by atoms with E-state index in [1.165, 1.54) is 4.90 Å². The zero-order chi connectivity index (χ0) is 36.8. The molecule has 2 rings (SSSR count). The summed E-state index contributed by atoms with van der Waals surface area (Å²) in [5.74, 6) is -2.74. The number of nitrogens with two attached hydrogens (primary N) is 1. The van der Waals surface area contributed by atoms with Gasteiger partial charge in [-0.15, -0.1) is 0 Å². The van der Waals surface area contributed by atoms with Gasteiger partial charge in [0.15, 0.2) is 0 Å². The minimum Gasteiger partial charge on any atom is -0.458 e. The van der Waals surface area contributed by atoms with E-state index in [0.717, 1.165) is 36.8 Å². The lowest BCUT2D eigenvalue weighted by Crippen LogP contribution is -2.55. The van der Waals surface area contributed by atoms with Gasteiger partial charge in [0, 0.05) is 13.0 Å². The third-order valence-corrected chi connectivity index (χ3v) is 7.39. The van der Waals surface area contributed by atoms with E-state index in [-0.39, 0.29) is 13.0 Å². The molecule has 0 heterocycles. The molecule has 2 aromatic carbocycles. The number of hydrogen-bond donors (Lipinski definition) is 3. The first-order valence-electron chi connectivity index (χ1n) is 17.1. The van der Waals surface area contributed by atoms with Crippen LogP contribution in [0.2, 0.25) is 0 Å². The van der Waals surface area contributed by atoms with Crippen LogP contribution in [0.25, 0.3) is 0 Å². The van der Waals surface area contributed by atoms with E-state index >= 15 is 0 Å². The number of alkyl carbamates (subject to hydrolysis) is 1. The molecule has 4 amide bonds. The molecule has 0 aliphatic heterocycles. The topological polar surface area (TPSA) is 157 Å². The molecule has 0 bridgehead atoms. The van der Waals surface area contributed by atoms with Gasteiger partial charge in [-0.25, -0.2) is 9.59 Å². The average molecular weight is 681 g/mol. The third-order valence-electron chi connectivity index (χ3n) is 7.39. The third kappa shape index (κ3) is 15.1. The summed E-state index contributed by atoms with van der Waals surface area (Å²) in [6.45, 7) is 14.4. The summed E-state index contributed by atoms with van der Waals surface area (Å²) in [7, 11) is 0. The highest BCUT2D eigenvalue weighted by atomic mass is 16.6. The smallest absolute Gasteiger partial charge is 0.408 e. The van der Waals surface area contributed by atoms with Gasteiger partial charge >= 0.3 is 12.1 Å². The predicted octanol–water partition coefficient (Wildman–Crippen LogP) is 5.67. The second kappa shape index (κ2) is 19.0. The number of carbonyl (C=O) groups excluding carboxylic acids is 5. The number of amides is 4. The maximum Gasteiger partial charge on any atom is 0.408 e. The van der Waals surface area contributed by atoms with E-state index in [2.05, 4.69) is 17.6 Å². The van der Waals surface area contributed by atoms with Gasteiger partial charge in [0.25, 0.3) is 0 Å². The number of rotatable bonds is 17. The normalized spacial score (nSPS) is 13.4. The number of benzene rings is 2. The van der Waals surface area contributed by atoms with Crippen LogP contribution in [0.3, 0.4) is 0 Å². The van der Waals surface area contributed by atoms with Crippen molar-refractivity contribution in [2.75, 3.05) is 6.54 Å². The van der Waals surface area contributed by atoms with Crippen molar-refractivity contribution in [1.82, 2.24) is 15.5 Å². The van der Waals surface area contributed by atoms with E-state index in [1.54, 1.807) is 59.7 Å². The van der Waals surface area contributed by atoms with Gasteiger partial charge in [0.2, 0.25) is 17.7 Å². The molecular weight excluding hydrogens is 624 g/mol. The fraction of sp³-hybridized carbons (Fsp3) is 0.553. The van der Waals surface area contributed by atoms with Crippen molar-refractivity contribution in [2.45, 2.75) is 130 Å². The van der Waals surface area contributed by atoms with E-state index in [1.807, 2.05) is 43.3 Å². The fourth-order valence-corrected chi connectivity index (χ4v) is 5.28. The highest BCUT2D eigenvalue weighted by Gasteiger charge is 2.38. The van der Waals surface area contributed by atoms with Crippen LogP contribution in [-0.2, 0) is 35.1 Å². The largest absolute Gasteiger partial charge is 0.458 e. The molecule has 2 aromatic rings. The summed E-state index contributed by atoms with van der Waals surface area (Å²) in [5, 5.41) is 5.40. The standard InChI is InChI=1S/C38H56N4O7/c1-9-10-11-12-16-22-42(34(45)29(25-31(39)43)41-36(47)49-38(6,7)8)32(28-21-17-18-26(2)23-28)33(44)40-30(35(46)48-37(3,4)5)24-27-19-14-13-15-20-27/h13-15,17-21,23,29-30,32H,9-12,16,22,24-25H2,1-8H3,(H2,39,43)(H,40,44)(H,41,47). The highest BCUT2D eigenvalue weighted by Crippen LogP contribution is 2.26. The summed E-state index contributed by atoms with van der Waals surface area (Å²) in [6, 6.07) is 12.7. The number of hydrogen-bond acceptors (Lipinski definition) is 7. The monoisotopic (exact) mass is 680 g/mol. The van der Waals surface area contributed by atoms with E-state index in [0.29, 0.717) is 12.0 Å². The molecule has 0 spiro atoms. The van der Waals surface area contributed by atoms with Gasteiger partial charge in [-0.1, -0.05) is 92.8 Å². The zero-order valence-electron chi connectivity index (χ0n) is 30.5. The zero-order valence-corrected chi connectivity index (χ0v) is 30.5. The maximum absolute atomic E-state index is 14.5. The minimum atomic E-state index is -1.41. The molecule has 270 valence electrons. The van der Waals surface area contributed by atoms with Crippen molar-refractivity contribution in [3.05, 3.63) is 71.3 Å². The molecule has 11 heteroatoms. The molecule has 49 heavy (non-hydrogen) atoms. The van der Waals surface area contributed by atoms with E-state index < -0.39 is 65.5 Å². The number of nitrogens with zero attached hydrogens (tertiary/aromatic N) is 1. The SMILES string of the molecule is CCCCCCCN(C(=O)C(CC(N)=O)NC(=O)OC(C)(C)C)C(C(=O)NC(Cc1ccccc1)C(=O)OC(C)(C)C)c1cccc(C)c1. The van der Waals surface area contributed by atoms with Crippen molar-refractivity contribution in [3.8, 4) is 0 Å². The summed E-state index contributed by atoms with van der Waals surface area (Å²) >= 11 is 0. The van der Waals surface area contributed by atoms with Crippen LogP contribution >= 0.6 is 0 Å². The number of carbonyl (C=O) groups is 5. The molecule has 3 atom stereocenters. The lowest BCUT2D eigenvalue weighted by atomic mass is 9.98. The number of nitrogens with one attached hydrogen (secondary N) is 2. The molecule has 0 radical (unpaired) electrons. The minimum absolute atomic E-state index is 0.135. The Hall–Kier alpha value is -4.41. The number of esters is 1. The molecule has 3 unspecified atom stereocenters. The van der Waals surface area contributed by atoms with Crippen molar-refractivity contribution in [2.24, 2.45) is 5.73 Å². The molecular formula is C38H56N4O7. The van der Waals surface area contributed by atoms with E-state index in [4.69, 9.17) is 15.2 Å². The maximum atomic E-state index is 14.5. The first-order valence-corrected chi connectivity index (χ1v) is 17.1. The van der Waals surface area contributed by atoms with E-state index in [9.17, 15) is 24.0 Å². The fourth-order valence-electron chi connectivity index (χ4n) is 5.28. The molecule has 0 saturated carbocycles. The van der Waals surface area contributed by atoms with Crippen LogP contribution in [0.15, 0.2) is 54.6 Å². The number of ether oxygens (including phenoxy) is 2. The quantitative estimate of drug-likeness (QED) is 0.143. The molecule has 0 aromatic heterocycles. The van der Waals surface area contributed by atoms with Crippen molar-refractivity contribution >= 4 is 29.8 Å². The van der Waals surface area contributed by atoms with Gasteiger partial charge in [0.05, 0.1) is 6.42 Å². The van der Waals surface area contributed by atoms with Crippen LogP contribution in [0, 0.1) is 6.92 Å². The van der Waals surface area contributed by atoms with Crippen molar-refractivity contribution in [3.63, 3.8) is 0 Å². The van der Waals surface area contributed by atoms with Crippen LogP contribution < -0.4 is 16.4 Å². The number of unbranched alkanes of at least 4 members (excludes halogenated alkanes) is 4. The first-order chi connectivity index (χ1) is 22.9. The lowest BCUT2D eigenvalue weighted by Gasteiger charge is -2.35. The Kier molecular flexibility index (Phi) is 15.8. The highest BCUT2D eigenvalue weighted by molar-refractivity contribution is 5.95. The molecule has 0 aliphatic rings. The Morgan fingerprint density at radius 3 is 2.00 bits per heavy atom. The molecule has 0 aliphatic carbocycles. The summed E-state index contributed by atoms with van der Waals surface area (Å²) < 4.78 is 11.1. The van der Waals surface area contributed by atoms with Gasteiger partial charge in [-0.2, -0.15) is 0 Å². The van der Waals surface area contributed by atoms with Gasteiger partial charge < -0.3 is 30.7 Å². The average Bonchev–Trinajstić information content (AvgIpc) is 2.98. The van der Waals surface area contributed by atoms with Crippen LogP contribution in [0.4, 0.5) is 4.79 Å². The summed E-state index contributed by atoms with van der Waals surface area (Å²) in [6.07, 6.45) is 3.03. The van der Waals surface area contributed by atoms with Gasteiger partial charge in [0.1, 0.15) is 29.3 Å². The first kappa shape index (κ1) is 40.8. The summed E-state index contributed by atoms with van der Waals surface area (Å²) in [4.78, 5) is 69.0. The predicted molar refractivity (Wildman–Crippen MR) is 189 cm³/mol. The Balaban J connectivity index is 2.64.